The first-order chi connectivity index (χ1) is 8.68. The molecule has 19 heavy (non-hydrogen) atoms. The van der Waals surface area contributed by atoms with Gasteiger partial charge in [0.1, 0.15) is 0 Å². The van der Waals surface area contributed by atoms with E-state index in [-0.39, 0.29) is 11.0 Å². The van der Waals surface area contributed by atoms with E-state index in [9.17, 15) is 4.79 Å². The second-order valence-corrected chi connectivity index (χ2v) is 6.95. The fraction of sp³-hybridized carbons (Fsp3) is 0.857. The van der Waals surface area contributed by atoms with Crippen LogP contribution in [0, 0.1) is 22.3 Å². The lowest BCUT2D eigenvalue weighted by molar-refractivity contribution is -0.116. The number of nitrogens with one attached hydrogen (secondary N) is 3. The van der Waals surface area contributed by atoms with Crippen LogP contribution in [-0.2, 0) is 4.79 Å². The maximum absolute atomic E-state index is 11.6. The summed E-state index contributed by atoms with van der Waals surface area (Å²) in [5, 5.41) is 12.9. The van der Waals surface area contributed by atoms with Gasteiger partial charge in [-0.15, -0.1) is 5.11 Å². The Balaban J connectivity index is 2.64. The van der Waals surface area contributed by atoms with Gasteiger partial charge in [0.05, 0.1) is 0 Å². The second kappa shape index (κ2) is 5.80. The summed E-state index contributed by atoms with van der Waals surface area (Å²) in [5.41, 5.74) is 6.49. The number of amides is 1. The van der Waals surface area contributed by atoms with Crippen molar-refractivity contribution in [3.05, 3.63) is 0 Å². The molecular weight excluding hydrogens is 240 g/mol. The van der Waals surface area contributed by atoms with Crippen LogP contribution in [0.2, 0.25) is 0 Å². The van der Waals surface area contributed by atoms with Crippen LogP contribution in [0.5, 0.6) is 0 Å². The van der Waals surface area contributed by atoms with Crippen LogP contribution in [0.1, 0.15) is 59.8 Å². The van der Waals surface area contributed by atoms with Gasteiger partial charge < -0.3 is 5.32 Å². The second-order valence-electron chi connectivity index (χ2n) is 6.95. The molecule has 1 amide bonds. The number of hydrogen-bond acceptors (Lipinski definition) is 3. The van der Waals surface area contributed by atoms with E-state index in [0.29, 0.717) is 5.92 Å². The van der Waals surface area contributed by atoms with Crippen molar-refractivity contribution in [3.8, 4) is 0 Å². The van der Waals surface area contributed by atoms with E-state index < -0.39 is 11.7 Å². The minimum atomic E-state index is -0.567. The highest BCUT2D eigenvalue weighted by molar-refractivity contribution is 6.36. The van der Waals surface area contributed by atoms with Gasteiger partial charge in [0, 0.05) is 5.54 Å². The molecule has 0 heterocycles. The van der Waals surface area contributed by atoms with Crippen molar-refractivity contribution in [1.82, 2.24) is 5.32 Å². The van der Waals surface area contributed by atoms with Crippen molar-refractivity contribution in [2.24, 2.45) is 16.4 Å². The third kappa shape index (κ3) is 4.40. The molecule has 108 valence electrons. The van der Waals surface area contributed by atoms with Gasteiger partial charge >= 0.3 is 0 Å². The molecule has 5 nitrogen and oxygen atoms in total. The standard InChI is InChI=1S/C14H26N4O/c1-13(2,10-7-5-6-8-10)9-14(3,4)17-12(19)11(15)18-16/h10,15-16H,5-9H2,1-4H3,(H,17,19). The van der Waals surface area contributed by atoms with Crippen LogP contribution >= 0.6 is 0 Å². The molecule has 5 heteroatoms. The number of rotatable bonds is 4. The average molecular weight is 266 g/mol. The van der Waals surface area contributed by atoms with Crippen molar-refractivity contribution in [2.75, 3.05) is 0 Å². The summed E-state index contributed by atoms with van der Waals surface area (Å²) < 4.78 is 0. The summed E-state index contributed by atoms with van der Waals surface area (Å²) in [6.45, 7) is 8.46. The molecule has 0 bridgehead atoms. The molecule has 1 fully saturated rings. The number of carbonyl (C=O) groups excluding carboxylic acids is 1. The normalized spacial score (nSPS) is 17.3. The fourth-order valence-electron chi connectivity index (χ4n) is 3.45. The van der Waals surface area contributed by atoms with Crippen molar-refractivity contribution < 1.29 is 4.79 Å². The molecular formula is C14H26N4O. The number of carbonyl (C=O) groups is 1. The maximum atomic E-state index is 11.6. The highest BCUT2D eigenvalue weighted by Gasteiger charge is 2.37. The molecule has 0 radical (unpaired) electrons. The van der Waals surface area contributed by atoms with E-state index >= 15 is 0 Å². The Labute approximate surface area is 115 Å². The van der Waals surface area contributed by atoms with Crippen molar-refractivity contribution in [1.29, 1.82) is 10.9 Å². The summed E-state index contributed by atoms with van der Waals surface area (Å²) in [6, 6.07) is 0. The largest absolute Gasteiger partial charge is 0.344 e. The summed E-state index contributed by atoms with van der Waals surface area (Å²) in [5.74, 6) is -0.391. The smallest absolute Gasteiger partial charge is 0.290 e. The summed E-state index contributed by atoms with van der Waals surface area (Å²) in [6.07, 6.45) is 6.03. The van der Waals surface area contributed by atoms with Crippen LogP contribution in [0.25, 0.3) is 0 Å². The van der Waals surface area contributed by atoms with Gasteiger partial charge in [-0.3, -0.25) is 10.2 Å². The zero-order chi connectivity index (χ0) is 14.7. The zero-order valence-electron chi connectivity index (χ0n) is 12.5. The van der Waals surface area contributed by atoms with Crippen LogP contribution < -0.4 is 5.32 Å². The van der Waals surface area contributed by atoms with Gasteiger partial charge in [-0.2, -0.15) is 0 Å². The Kier molecular flexibility index (Phi) is 4.82. The van der Waals surface area contributed by atoms with Gasteiger partial charge in [0.25, 0.3) is 5.91 Å². The van der Waals surface area contributed by atoms with Crippen LogP contribution in [-0.4, -0.2) is 17.3 Å². The highest BCUT2D eigenvalue weighted by atomic mass is 16.2. The molecule has 0 aromatic rings. The Morgan fingerprint density at radius 1 is 1.26 bits per heavy atom. The molecule has 0 spiro atoms. The van der Waals surface area contributed by atoms with E-state index in [4.69, 9.17) is 10.9 Å². The zero-order valence-corrected chi connectivity index (χ0v) is 12.5. The minimum Gasteiger partial charge on any atom is -0.344 e. The van der Waals surface area contributed by atoms with E-state index in [2.05, 4.69) is 24.3 Å². The quantitative estimate of drug-likeness (QED) is 0.406. The third-order valence-electron chi connectivity index (χ3n) is 4.14. The minimum absolute atomic E-state index is 0.174. The lowest BCUT2D eigenvalue weighted by atomic mass is 9.70. The molecule has 1 rings (SSSR count). The van der Waals surface area contributed by atoms with E-state index in [1.54, 1.807) is 0 Å². The first-order valence-electron chi connectivity index (χ1n) is 6.96. The summed E-state index contributed by atoms with van der Waals surface area (Å²) in [7, 11) is 0. The lowest BCUT2D eigenvalue weighted by Crippen LogP contribution is -2.49. The first kappa shape index (κ1) is 15.8. The summed E-state index contributed by atoms with van der Waals surface area (Å²) >= 11 is 0. The monoisotopic (exact) mass is 266 g/mol. The first-order valence-corrected chi connectivity index (χ1v) is 6.96. The van der Waals surface area contributed by atoms with Gasteiger partial charge in [0.15, 0.2) is 0 Å². The van der Waals surface area contributed by atoms with Gasteiger partial charge in [-0.1, -0.05) is 26.7 Å². The van der Waals surface area contributed by atoms with Crippen LogP contribution in [0.15, 0.2) is 5.11 Å². The molecule has 0 unspecified atom stereocenters. The highest BCUT2D eigenvalue weighted by Crippen LogP contribution is 2.44. The van der Waals surface area contributed by atoms with Gasteiger partial charge in [-0.25, -0.2) is 5.53 Å². The molecule has 0 atom stereocenters. The molecule has 0 aromatic carbocycles. The fourth-order valence-corrected chi connectivity index (χ4v) is 3.45. The van der Waals surface area contributed by atoms with Gasteiger partial charge in [0.2, 0.25) is 5.84 Å². The SMILES string of the molecule is CC(C)(CC(C)(C)C1CCCC1)NC(=O)C(=N)N=N. The van der Waals surface area contributed by atoms with Crippen LogP contribution in [0.4, 0.5) is 0 Å². The van der Waals surface area contributed by atoms with E-state index in [0.717, 1.165) is 6.42 Å². The predicted octanol–water partition coefficient (Wildman–Crippen LogP) is 3.50. The molecule has 3 N–H and O–H groups in total. The molecule has 0 saturated heterocycles. The van der Waals surface area contributed by atoms with Crippen LogP contribution in [0.3, 0.4) is 0 Å². The molecule has 1 saturated carbocycles. The maximum Gasteiger partial charge on any atom is 0.290 e. The Bertz CT molecular complexity index is 368. The average Bonchev–Trinajstić information content (AvgIpc) is 2.79. The predicted molar refractivity (Wildman–Crippen MR) is 75.5 cm³/mol. The lowest BCUT2D eigenvalue weighted by Gasteiger charge is -2.39. The molecule has 1 aliphatic rings. The molecule has 1 aliphatic carbocycles. The van der Waals surface area contributed by atoms with Crippen molar-refractivity contribution in [2.45, 2.75) is 65.3 Å². The number of amidine groups is 1. The van der Waals surface area contributed by atoms with Gasteiger partial charge in [-0.05, 0) is 44.4 Å². The van der Waals surface area contributed by atoms with E-state index in [1.807, 2.05) is 13.8 Å². The van der Waals surface area contributed by atoms with Crippen molar-refractivity contribution >= 4 is 11.7 Å². The number of nitrogens with zero attached hydrogens (tertiary/aromatic N) is 1. The Morgan fingerprint density at radius 2 is 1.79 bits per heavy atom. The summed E-state index contributed by atoms with van der Waals surface area (Å²) in [4.78, 5) is 11.6. The number of hydrogen-bond donors (Lipinski definition) is 3. The Morgan fingerprint density at radius 3 is 2.26 bits per heavy atom. The molecule has 0 aliphatic heterocycles. The van der Waals surface area contributed by atoms with Crippen molar-refractivity contribution in [3.63, 3.8) is 0 Å². The Hall–Kier alpha value is -1.26. The topological polar surface area (TPSA) is 89.2 Å². The third-order valence-corrected chi connectivity index (χ3v) is 4.14. The molecule has 0 aromatic heterocycles. The van der Waals surface area contributed by atoms with E-state index in [1.165, 1.54) is 25.7 Å².